The third kappa shape index (κ3) is 5.56. The van der Waals surface area contributed by atoms with Crippen LogP contribution in [0.2, 0.25) is 0 Å². The van der Waals surface area contributed by atoms with Crippen LogP contribution < -0.4 is 11.1 Å². The second kappa shape index (κ2) is 9.89. The molecule has 1 aromatic carbocycles. The van der Waals surface area contributed by atoms with Crippen molar-refractivity contribution in [2.45, 2.75) is 45.6 Å². The number of hydrogen-bond acceptors (Lipinski definition) is 8. The van der Waals surface area contributed by atoms with E-state index in [4.69, 9.17) is 5.73 Å². The van der Waals surface area contributed by atoms with Crippen LogP contribution in [0, 0.1) is 6.92 Å². The number of rotatable bonds is 9. The van der Waals surface area contributed by atoms with Gasteiger partial charge in [0.05, 0.1) is 26.2 Å². The molecule has 0 saturated heterocycles. The summed E-state index contributed by atoms with van der Waals surface area (Å²) in [6.07, 6.45) is 2.17. The fourth-order valence-corrected chi connectivity index (χ4v) is 3.00. The number of nitrogens with one attached hydrogen (secondary N) is 1. The number of anilines is 2. The van der Waals surface area contributed by atoms with Crippen LogP contribution in [0.5, 0.6) is 5.75 Å². The Hall–Kier alpha value is -2.87. The molecule has 0 aliphatic rings. The number of methoxy groups -OCH3 is 1. The first-order chi connectivity index (χ1) is 13.4. The summed E-state index contributed by atoms with van der Waals surface area (Å²) in [6.45, 7) is 3.84. The number of aliphatic hydroxyl groups is 1. The molecule has 1 aromatic heterocycles. The average molecular weight is 388 g/mol. The highest BCUT2D eigenvalue weighted by molar-refractivity contribution is 5.72. The zero-order valence-corrected chi connectivity index (χ0v) is 16.5. The topological polar surface area (TPSA) is 131 Å². The van der Waals surface area contributed by atoms with E-state index in [2.05, 4.69) is 20.0 Å². The van der Waals surface area contributed by atoms with Crippen LogP contribution in [0.1, 0.15) is 42.1 Å². The molecule has 0 radical (unpaired) electrons. The van der Waals surface area contributed by atoms with Gasteiger partial charge in [0.2, 0.25) is 5.95 Å². The van der Waals surface area contributed by atoms with Crippen molar-refractivity contribution in [2.75, 3.05) is 24.8 Å². The Balaban J connectivity index is 2.31. The lowest BCUT2D eigenvalue weighted by Gasteiger charge is -2.20. The van der Waals surface area contributed by atoms with E-state index in [1.54, 1.807) is 18.2 Å². The molecule has 0 aliphatic heterocycles. The predicted octanol–water partition coefficient (Wildman–Crippen LogP) is 1.95. The molecule has 5 N–H and O–H groups in total. The minimum atomic E-state index is -0.368. The summed E-state index contributed by atoms with van der Waals surface area (Å²) in [5, 5.41) is 23.2. The van der Waals surface area contributed by atoms with Crippen LogP contribution in [0.3, 0.4) is 0 Å². The second-order valence-electron chi connectivity index (χ2n) is 6.70. The van der Waals surface area contributed by atoms with E-state index < -0.39 is 0 Å². The summed E-state index contributed by atoms with van der Waals surface area (Å²) in [5.74, 6) is 0.411. The number of hydrogen-bond donors (Lipinski definition) is 4. The van der Waals surface area contributed by atoms with Crippen molar-refractivity contribution < 1.29 is 19.7 Å². The molecule has 2 aromatic rings. The van der Waals surface area contributed by atoms with Crippen LogP contribution >= 0.6 is 0 Å². The lowest BCUT2D eigenvalue weighted by atomic mass is 10.00. The average Bonchev–Trinajstić information content (AvgIpc) is 2.65. The standard InChI is InChI=1S/C20H28N4O4/c1-4-5-15(11-25)23-19-16(12(2)22-20(21)24-19)10-14-7-6-13(8-17(14)26)9-18(27)28-3/h6-8,15,25-26H,4-5,9-11H2,1-3H3,(H3,21,22,23,24). The first kappa shape index (κ1) is 21.4. The SMILES string of the molecule is CCCC(CO)Nc1nc(N)nc(C)c1Cc1ccc(CC(=O)OC)cc1O. The number of benzene rings is 1. The minimum absolute atomic E-state index is 0.0241. The molecule has 2 rings (SSSR count). The van der Waals surface area contributed by atoms with Gasteiger partial charge >= 0.3 is 5.97 Å². The minimum Gasteiger partial charge on any atom is -0.508 e. The van der Waals surface area contributed by atoms with Gasteiger partial charge in [-0.15, -0.1) is 0 Å². The van der Waals surface area contributed by atoms with Gasteiger partial charge in [0.25, 0.3) is 0 Å². The predicted molar refractivity (Wildman–Crippen MR) is 107 cm³/mol. The summed E-state index contributed by atoms with van der Waals surface area (Å²) in [6, 6.07) is 4.96. The number of nitrogens with zero attached hydrogens (tertiary/aromatic N) is 2. The Morgan fingerprint density at radius 1 is 1.36 bits per heavy atom. The fraction of sp³-hybridized carbons (Fsp3) is 0.450. The molecule has 0 fully saturated rings. The molecule has 0 spiro atoms. The van der Waals surface area contributed by atoms with Crippen molar-refractivity contribution >= 4 is 17.7 Å². The first-order valence-corrected chi connectivity index (χ1v) is 9.25. The lowest BCUT2D eigenvalue weighted by Crippen LogP contribution is -2.25. The van der Waals surface area contributed by atoms with Crippen LogP contribution in [0.4, 0.5) is 11.8 Å². The van der Waals surface area contributed by atoms with Crippen molar-refractivity contribution in [2.24, 2.45) is 0 Å². The zero-order valence-electron chi connectivity index (χ0n) is 16.5. The molecule has 0 aliphatic carbocycles. The fourth-order valence-electron chi connectivity index (χ4n) is 3.00. The van der Waals surface area contributed by atoms with E-state index in [1.807, 2.05) is 13.8 Å². The smallest absolute Gasteiger partial charge is 0.309 e. The molecule has 1 heterocycles. The quantitative estimate of drug-likeness (QED) is 0.480. The third-order valence-corrected chi connectivity index (χ3v) is 4.52. The maximum atomic E-state index is 11.4. The number of aromatic hydroxyl groups is 1. The number of nitrogen functional groups attached to an aromatic ring is 1. The summed E-state index contributed by atoms with van der Waals surface area (Å²) < 4.78 is 4.65. The number of nitrogens with two attached hydrogens (primary N) is 1. The van der Waals surface area contributed by atoms with E-state index in [0.29, 0.717) is 29.1 Å². The van der Waals surface area contributed by atoms with E-state index in [0.717, 1.165) is 18.4 Å². The molecule has 28 heavy (non-hydrogen) atoms. The molecular weight excluding hydrogens is 360 g/mol. The zero-order chi connectivity index (χ0) is 20.7. The van der Waals surface area contributed by atoms with Crippen LogP contribution in [0.15, 0.2) is 18.2 Å². The Kier molecular flexibility index (Phi) is 7.57. The number of ether oxygens (including phenoxy) is 1. The monoisotopic (exact) mass is 388 g/mol. The Labute approximate surface area is 164 Å². The van der Waals surface area contributed by atoms with Crippen molar-refractivity contribution in [3.8, 4) is 5.75 Å². The molecule has 0 bridgehead atoms. The number of aryl methyl sites for hydroxylation is 1. The lowest BCUT2D eigenvalue weighted by molar-refractivity contribution is -0.139. The normalized spacial score (nSPS) is 11.9. The van der Waals surface area contributed by atoms with E-state index >= 15 is 0 Å². The van der Waals surface area contributed by atoms with Crippen LogP contribution in [0.25, 0.3) is 0 Å². The van der Waals surface area contributed by atoms with Crippen molar-refractivity contribution in [3.05, 3.63) is 40.6 Å². The summed E-state index contributed by atoms with van der Waals surface area (Å²) in [4.78, 5) is 19.9. The summed E-state index contributed by atoms with van der Waals surface area (Å²) in [5.41, 5.74) is 8.63. The number of phenolic OH excluding ortho intramolecular Hbond substituents is 1. The molecule has 8 nitrogen and oxygen atoms in total. The number of phenols is 1. The van der Waals surface area contributed by atoms with Gasteiger partial charge < -0.3 is 26.0 Å². The Morgan fingerprint density at radius 3 is 2.71 bits per heavy atom. The van der Waals surface area contributed by atoms with Gasteiger partial charge in [0.15, 0.2) is 0 Å². The Bertz CT molecular complexity index is 826. The number of aliphatic hydroxyl groups excluding tert-OH is 1. The van der Waals surface area contributed by atoms with Gasteiger partial charge in [-0.1, -0.05) is 25.5 Å². The highest BCUT2D eigenvalue weighted by Crippen LogP contribution is 2.27. The van der Waals surface area contributed by atoms with Crippen LogP contribution in [-0.4, -0.2) is 45.9 Å². The van der Waals surface area contributed by atoms with E-state index in [1.165, 1.54) is 7.11 Å². The molecule has 0 amide bonds. The highest BCUT2D eigenvalue weighted by Gasteiger charge is 2.17. The highest BCUT2D eigenvalue weighted by atomic mass is 16.5. The first-order valence-electron chi connectivity index (χ1n) is 9.25. The number of aromatic nitrogens is 2. The molecule has 0 saturated carbocycles. The summed E-state index contributed by atoms with van der Waals surface area (Å²) in [7, 11) is 1.33. The van der Waals surface area contributed by atoms with Crippen molar-refractivity contribution in [1.29, 1.82) is 0 Å². The number of carbonyl (C=O) groups is 1. The van der Waals surface area contributed by atoms with Gasteiger partial charge in [0.1, 0.15) is 11.6 Å². The maximum absolute atomic E-state index is 11.4. The molecule has 1 unspecified atom stereocenters. The second-order valence-corrected chi connectivity index (χ2v) is 6.70. The molecule has 152 valence electrons. The van der Waals surface area contributed by atoms with Gasteiger partial charge in [0, 0.05) is 17.7 Å². The third-order valence-electron chi connectivity index (χ3n) is 4.52. The van der Waals surface area contributed by atoms with Crippen molar-refractivity contribution in [3.63, 3.8) is 0 Å². The largest absolute Gasteiger partial charge is 0.508 e. The summed E-state index contributed by atoms with van der Waals surface area (Å²) >= 11 is 0. The van der Waals surface area contributed by atoms with E-state index in [-0.39, 0.29) is 36.7 Å². The molecule has 1 atom stereocenters. The van der Waals surface area contributed by atoms with Gasteiger partial charge in [-0.2, -0.15) is 4.98 Å². The van der Waals surface area contributed by atoms with Gasteiger partial charge in [-0.25, -0.2) is 4.98 Å². The maximum Gasteiger partial charge on any atom is 0.309 e. The Morgan fingerprint density at radius 2 is 2.11 bits per heavy atom. The van der Waals surface area contributed by atoms with Crippen molar-refractivity contribution in [1.82, 2.24) is 9.97 Å². The molecule has 8 heteroatoms. The number of carbonyl (C=O) groups excluding carboxylic acids is 1. The molecular formula is C20H28N4O4. The van der Waals surface area contributed by atoms with Gasteiger partial charge in [-0.05, 0) is 30.5 Å². The van der Waals surface area contributed by atoms with E-state index in [9.17, 15) is 15.0 Å². The van der Waals surface area contributed by atoms with Gasteiger partial charge in [-0.3, -0.25) is 4.79 Å². The van der Waals surface area contributed by atoms with Crippen LogP contribution in [-0.2, 0) is 22.4 Å². The number of esters is 1.